The Labute approximate surface area is 114 Å². The number of thiophene rings is 1. The highest BCUT2D eigenvalue weighted by molar-refractivity contribution is 7.18. The van der Waals surface area contributed by atoms with Gasteiger partial charge in [-0.05, 0) is 26.3 Å². The van der Waals surface area contributed by atoms with Gasteiger partial charge in [0.2, 0.25) is 0 Å². The predicted molar refractivity (Wildman–Crippen MR) is 74.5 cm³/mol. The number of nitrogens with zero attached hydrogens (tertiary/aromatic N) is 1. The molecule has 1 atom stereocenters. The monoisotopic (exact) mass is 280 g/mol. The molecule has 0 aliphatic heterocycles. The highest BCUT2D eigenvalue weighted by Crippen LogP contribution is 2.26. The maximum Gasteiger partial charge on any atom is 0.306 e. The molecule has 0 amide bonds. The van der Waals surface area contributed by atoms with E-state index in [0.717, 1.165) is 10.4 Å². The standard InChI is InChI=1S/C13H16N2O3S/c1-5-9(16)18-7(3)11-14-12(17)10-6(2)8(4)19-13(10)15-11/h7H,5H2,1-4H3,(H,14,15,17)/t7-/m1/s1. The van der Waals surface area contributed by atoms with E-state index in [1.54, 1.807) is 13.8 Å². The lowest BCUT2D eigenvalue weighted by atomic mass is 10.2. The van der Waals surface area contributed by atoms with E-state index < -0.39 is 6.10 Å². The zero-order valence-electron chi connectivity index (χ0n) is 11.4. The molecule has 0 saturated heterocycles. The van der Waals surface area contributed by atoms with Gasteiger partial charge in [0, 0.05) is 11.3 Å². The third kappa shape index (κ3) is 2.53. The molecule has 0 bridgehead atoms. The summed E-state index contributed by atoms with van der Waals surface area (Å²) in [7, 11) is 0. The molecule has 5 nitrogen and oxygen atoms in total. The molecule has 2 heterocycles. The molecule has 2 aromatic rings. The fourth-order valence-electron chi connectivity index (χ4n) is 1.80. The molecule has 0 spiro atoms. The summed E-state index contributed by atoms with van der Waals surface area (Å²) >= 11 is 1.48. The molecule has 0 unspecified atom stereocenters. The quantitative estimate of drug-likeness (QED) is 0.877. The SMILES string of the molecule is CCC(=O)O[C@H](C)c1nc2sc(C)c(C)c2c(=O)[nH]1. The van der Waals surface area contributed by atoms with Crippen molar-refractivity contribution in [3.8, 4) is 0 Å². The lowest BCUT2D eigenvalue weighted by Crippen LogP contribution is -2.16. The van der Waals surface area contributed by atoms with Crippen LogP contribution in [0.1, 0.15) is 42.6 Å². The van der Waals surface area contributed by atoms with Crippen LogP contribution in [0.2, 0.25) is 0 Å². The third-order valence-corrected chi connectivity index (χ3v) is 4.14. The minimum atomic E-state index is -0.549. The molecule has 2 rings (SSSR count). The Kier molecular flexibility index (Phi) is 3.71. The number of fused-ring (bicyclic) bond motifs is 1. The Balaban J connectivity index is 2.46. The second-order valence-corrected chi connectivity index (χ2v) is 5.60. The summed E-state index contributed by atoms with van der Waals surface area (Å²) < 4.78 is 5.16. The van der Waals surface area contributed by atoms with E-state index in [4.69, 9.17) is 4.74 Å². The van der Waals surface area contributed by atoms with Crippen LogP contribution in [0.15, 0.2) is 4.79 Å². The van der Waals surface area contributed by atoms with E-state index in [1.165, 1.54) is 11.3 Å². The van der Waals surface area contributed by atoms with Crippen molar-refractivity contribution in [3.05, 3.63) is 26.6 Å². The van der Waals surface area contributed by atoms with E-state index in [1.807, 2.05) is 13.8 Å². The van der Waals surface area contributed by atoms with Crippen LogP contribution >= 0.6 is 11.3 Å². The average molecular weight is 280 g/mol. The largest absolute Gasteiger partial charge is 0.454 e. The molecule has 0 fully saturated rings. The number of nitrogens with one attached hydrogen (secondary N) is 1. The Hall–Kier alpha value is -1.69. The van der Waals surface area contributed by atoms with E-state index in [0.29, 0.717) is 22.5 Å². The van der Waals surface area contributed by atoms with Crippen LogP contribution in [0.25, 0.3) is 10.2 Å². The number of hydrogen-bond donors (Lipinski definition) is 1. The fraction of sp³-hybridized carbons (Fsp3) is 0.462. The third-order valence-electron chi connectivity index (χ3n) is 3.04. The van der Waals surface area contributed by atoms with Crippen molar-refractivity contribution in [1.29, 1.82) is 0 Å². The zero-order chi connectivity index (χ0) is 14.2. The van der Waals surface area contributed by atoms with Crippen molar-refractivity contribution in [2.75, 3.05) is 0 Å². The average Bonchev–Trinajstić information content (AvgIpc) is 2.65. The van der Waals surface area contributed by atoms with Gasteiger partial charge in [-0.1, -0.05) is 6.92 Å². The van der Waals surface area contributed by atoms with Gasteiger partial charge in [-0.15, -0.1) is 11.3 Å². The van der Waals surface area contributed by atoms with Crippen LogP contribution in [0.5, 0.6) is 0 Å². The number of carbonyl (C=O) groups is 1. The van der Waals surface area contributed by atoms with Crippen molar-refractivity contribution in [3.63, 3.8) is 0 Å². The van der Waals surface area contributed by atoms with Gasteiger partial charge in [0.15, 0.2) is 11.9 Å². The highest BCUT2D eigenvalue weighted by Gasteiger charge is 2.17. The molecular weight excluding hydrogens is 264 g/mol. The Morgan fingerprint density at radius 2 is 2.16 bits per heavy atom. The van der Waals surface area contributed by atoms with Gasteiger partial charge in [-0.25, -0.2) is 4.98 Å². The van der Waals surface area contributed by atoms with E-state index in [-0.39, 0.29) is 11.5 Å². The van der Waals surface area contributed by atoms with Gasteiger partial charge in [0.25, 0.3) is 5.56 Å². The number of aromatic amines is 1. The normalized spacial score (nSPS) is 12.6. The molecule has 2 aromatic heterocycles. The van der Waals surface area contributed by atoms with Gasteiger partial charge in [-0.3, -0.25) is 9.59 Å². The number of aromatic nitrogens is 2. The molecule has 0 radical (unpaired) electrons. The number of esters is 1. The number of rotatable bonds is 3. The lowest BCUT2D eigenvalue weighted by molar-refractivity contribution is -0.148. The first kappa shape index (κ1) is 13.7. The fourth-order valence-corrected chi connectivity index (χ4v) is 2.84. The number of H-pyrrole nitrogens is 1. The topological polar surface area (TPSA) is 72.0 Å². The van der Waals surface area contributed by atoms with Gasteiger partial charge < -0.3 is 9.72 Å². The summed E-state index contributed by atoms with van der Waals surface area (Å²) in [6, 6.07) is 0. The second kappa shape index (κ2) is 5.13. The summed E-state index contributed by atoms with van der Waals surface area (Å²) in [6.07, 6.45) is -0.249. The van der Waals surface area contributed by atoms with E-state index in [2.05, 4.69) is 9.97 Å². The van der Waals surface area contributed by atoms with Crippen molar-refractivity contribution in [1.82, 2.24) is 9.97 Å². The van der Waals surface area contributed by atoms with Gasteiger partial charge >= 0.3 is 5.97 Å². The summed E-state index contributed by atoms with van der Waals surface area (Å²) in [5.41, 5.74) is 0.778. The zero-order valence-corrected chi connectivity index (χ0v) is 12.2. The first-order valence-corrected chi connectivity index (χ1v) is 6.95. The summed E-state index contributed by atoms with van der Waals surface area (Å²) in [5.74, 6) is 0.0781. The van der Waals surface area contributed by atoms with Crippen LogP contribution in [-0.2, 0) is 9.53 Å². The predicted octanol–water partition coefficient (Wildman–Crippen LogP) is 2.62. The Bertz CT molecular complexity index is 687. The smallest absolute Gasteiger partial charge is 0.306 e. The molecule has 0 saturated carbocycles. The molecule has 0 aliphatic rings. The Morgan fingerprint density at radius 1 is 1.47 bits per heavy atom. The van der Waals surface area contributed by atoms with Crippen molar-refractivity contribution in [2.45, 2.75) is 40.2 Å². The van der Waals surface area contributed by atoms with Crippen molar-refractivity contribution in [2.24, 2.45) is 0 Å². The maximum atomic E-state index is 12.1. The molecular formula is C13H16N2O3S. The second-order valence-electron chi connectivity index (χ2n) is 4.40. The number of carbonyl (C=O) groups excluding carboxylic acids is 1. The first-order chi connectivity index (χ1) is 8.93. The van der Waals surface area contributed by atoms with Gasteiger partial charge in [0.1, 0.15) is 4.83 Å². The number of hydrogen-bond acceptors (Lipinski definition) is 5. The van der Waals surface area contributed by atoms with Crippen LogP contribution in [-0.4, -0.2) is 15.9 Å². The molecule has 1 N–H and O–H groups in total. The van der Waals surface area contributed by atoms with E-state index >= 15 is 0 Å². The lowest BCUT2D eigenvalue weighted by Gasteiger charge is -2.11. The summed E-state index contributed by atoms with van der Waals surface area (Å²) in [6.45, 7) is 7.29. The van der Waals surface area contributed by atoms with Gasteiger partial charge in [0.05, 0.1) is 5.39 Å². The van der Waals surface area contributed by atoms with E-state index in [9.17, 15) is 9.59 Å². The van der Waals surface area contributed by atoms with Gasteiger partial charge in [-0.2, -0.15) is 0 Å². The molecule has 19 heavy (non-hydrogen) atoms. The van der Waals surface area contributed by atoms with Crippen LogP contribution < -0.4 is 5.56 Å². The van der Waals surface area contributed by atoms with Crippen LogP contribution in [0, 0.1) is 13.8 Å². The van der Waals surface area contributed by atoms with Crippen molar-refractivity contribution >= 4 is 27.5 Å². The highest BCUT2D eigenvalue weighted by atomic mass is 32.1. The minimum Gasteiger partial charge on any atom is -0.454 e. The van der Waals surface area contributed by atoms with Crippen molar-refractivity contribution < 1.29 is 9.53 Å². The van der Waals surface area contributed by atoms with Crippen LogP contribution in [0.3, 0.4) is 0 Å². The summed E-state index contributed by atoms with van der Waals surface area (Å²) in [4.78, 5) is 32.2. The number of ether oxygens (including phenoxy) is 1. The number of aryl methyl sites for hydroxylation is 2. The maximum absolute atomic E-state index is 12.1. The summed E-state index contributed by atoms with van der Waals surface area (Å²) in [5, 5.41) is 0.625. The van der Waals surface area contributed by atoms with Crippen LogP contribution in [0.4, 0.5) is 0 Å². The molecule has 0 aliphatic carbocycles. The Morgan fingerprint density at radius 3 is 2.79 bits per heavy atom. The molecule has 0 aromatic carbocycles. The first-order valence-electron chi connectivity index (χ1n) is 6.13. The molecule has 102 valence electrons. The minimum absolute atomic E-state index is 0.179. The molecule has 6 heteroatoms.